The van der Waals surface area contributed by atoms with E-state index in [0.29, 0.717) is 17.0 Å². The molecule has 2 aromatic heterocycles. The van der Waals surface area contributed by atoms with Crippen molar-refractivity contribution in [1.29, 1.82) is 0 Å². The van der Waals surface area contributed by atoms with Crippen molar-refractivity contribution in [2.24, 2.45) is 0 Å². The maximum atomic E-state index is 11.6. The monoisotopic (exact) mass is 351 g/mol. The van der Waals surface area contributed by atoms with E-state index in [0.717, 1.165) is 24.4 Å². The minimum Gasteiger partial charge on any atom is -0.450 e. The molecule has 1 N–H and O–H groups in total. The van der Waals surface area contributed by atoms with E-state index in [1.54, 1.807) is 18.2 Å². The predicted octanol–water partition coefficient (Wildman–Crippen LogP) is 3.08. The van der Waals surface area contributed by atoms with Crippen molar-refractivity contribution in [3.63, 3.8) is 0 Å². The molecule has 0 aromatic carbocycles. The van der Waals surface area contributed by atoms with E-state index in [2.05, 4.69) is 26.3 Å². The molecule has 2 aromatic rings. The third-order valence-electron chi connectivity index (χ3n) is 2.94. The van der Waals surface area contributed by atoms with Crippen molar-refractivity contribution < 1.29 is 9.21 Å². The van der Waals surface area contributed by atoms with Gasteiger partial charge in [0.15, 0.2) is 4.67 Å². The smallest absolute Gasteiger partial charge is 0.244 e. The van der Waals surface area contributed by atoms with Crippen LogP contribution in [0.4, 0.5) is 0 Å². The number of aryl methyl sites for hydroxylation is 3. The molecule has 0 bridgehead atoms. The summed E-state index contributed by atoms with van der Waals surface area (Å²) in [5, 5.41) is 7.21. The van der Waals surface area contributed by atoms with E-state index in [-0.39, 0.29) is 5.91 Å². The van der Waals surface area contributed by atoms with Gasteiger partial charge in [0, 0.05) is 24.9 Å². The van der Waals surface area contributed by atoms with Crippen molar-refractivity contribution in [1.82, 2.24) is 15.1 Å². The van der Waals surface area contributed by atoms with Gasteiger partial charge in [-0.1, -0.05) is 0 Å². The number of amides is 1. The Bertz CT molecular complexity index is 643. The van der Waals surface area contributed by atoms with Crippen molar-refractivity contribution in [3.05, 3.63) is 46.1 Å². The van der Waals surface area contributed by atoms with Crippen LogP contribution in [0, 0.1) is 13.8 Å². The van der Waals surface area contributed by atoms with E-state index >= 15 is 0 Å². The molecule has 21 heavy (non-hydrogen) atoms. The molecule has 0 radical (unpaired) electrons. The number of nitrogens with one attached hydrogen (secondary N) is 1. The number of halogens is 1. The molecule has 0 saturated carbocycles. The molecular weight excluding hydrogens is 334 g/mol. The number of hydrogen-bond donors (Lipinski definition) is 1. The Balaban J connectivity index is 1.70. The van der Waals surface area contributed by atoms with Crippen LogP contribution in [0.15, 0.2) is 33.4 Å². The summed E-state index contributed by atoms with van der Waals surface area (Å²) in [6.07, 6.45) is 3.95. The normalized spacial score (nSPS) is 11.2. The largest absolute Gasteiger partial charge is 0.450 e. The second kappa shape index (κ2) is 7.26. The minimum absolute atomic E-state index is 0.129. The lowest BCUT2D eigenvalue weighted by molar-refractivity contribution is -0.116. The predicted molar refractivity (Wildman–Crippen MR) is 84.8 cm³/mol. The number of nitrogens with zero attached hydrogens (tertiary/aromatic N) is 2. The molecule has 6 heteroatoms. The Morgan fingerprint density at radius 3 is 2.90 bits per heavy atom. The number of furan rings is 1. The highest BCUT2D eigenvalue weighted by atomic mass is 79.9. The molecule has 0 aliphatic heterocycles. The van der Waals surface area contributed by atoms with Gasteiger partial charge in [-0.2, -0.15) is 5.10 Å². The average molecular weight is 352 g/mol. The molecule has 0 spiro atoms. The van der Waals surface area contributed by atoms with E-state index in [1.165, 1.54) is 6.08 Å². The van der Waals surface area contributed by atoms with Gasteiger partial charge in [0.25, 0.3) is 0 Å². The van der Waals surface area contributed by atoms with Gasteiger partial charge in [-0.15, -0.1) is 0 Å². The number of carbonyl (C=O) groups excluding carboxylic acids is 1. The highest BCUT2D eigenvalue weighted by Crippen LogP contribution is 2.14. The van der Waals surface area contributed by atoms with Gasteiger partial charge in [0.2, 0.25) is 5.91 Å². The quantitative estimate of drug-likeness (QED) is 0.642. The molecule has 112 valence electrons. The molecule has 0 unspecified atom stereocenters. The fraction of sp³-hybridized carbons (Fsp3) is 0.333. The SMILES string of the molecule is Cc1cc(C)n(CCCNC(=O)/C=C/c2ccc(Br)o2)n1. The van der Waals surface area contributed by atoms with Gasteiger partial charge < -0.3 is 9.73 Å². The summed E-state index contributed by atoms with van der Waals surface area (Å²) in [5.74, 6) is 0.510. The van der Waals surface area contributed by atoms with E-state index in [4.69, 9.17) is 4.42 Å². The van der Waals surface area contributed by atoms with Crippen LogP contribution < -0.4 is 5.32 Å². The summed E-state index contributed by atoms with van der Waals surface area (Å²) in [7, 11) is 0. The van der Waals surface area contributed by atoms with Gasteiger partial charge in [0.1, 0.15) is 5.76 Å². The number of rotatable bonds is 6. The summed E-state index contributed by atoms with van der Waals surface area (Å²) in [6.45, 7) is 5.42. The summed E-state index contributed by atoms with van der Waals surface area (Å²) in [4.78, 5) is 11.6. The first kappa shape index (κ1) is 15.6. The maximum Gasteiger partial charge on any atom is 0.244 e. The highest BCUT2D eigenvalue weighted by Gasteiger charge is 2.01. The van der Waals surface area contributed by atoms with Crippen LogP contribution in [0.5, 0.6) is 0 Å². The Kier molecular flexibility index (Phi) is 5.38. The lowest BCUT2D eigenvalue weighted by Gasteiger charge is -2.04. The lowest BCUT2D eigenvalue weighted by Crippen LogP contribution is -2.23. The molecule has 0 aliphatic carbocycles. The number of carbonyl (C=O) groups is 1. The maximum absolute atomic E-state index is 11.6. The van der Waals surface area contributed by atoms with Gasteiger partial charge in [-0.05, 0) is 60.5 Å². The van der Waals surface area contributed by atoms with E-state index in [9.17, 15) is 4.79 Å². The van der Waals surface area contributed by atoms with Gasteiger partial charge in [-0.25, -0.2) is 0 Å². The highest BCUT2D eigenvalue weighted by molar-refractivity contribution is 9.10. The van der Waals surface area contributed by atoms with E-state index < -0.39 is 0 Å². The van der Waals surface area contributed by atoms with Crippen LogP contribution in [0.25, 0.3) is 6.08 Å². The van der Waals surface area contributed by atoms with Gasteiger partial charge >= 0.3 is 0 Å². The topological polar surface area (TPSA) is 60.1 Å². The summed E-state index contributed by atoms with van der Waals surface area (Å²) in [6, 6.07) is 5.62. The fourth-order valence-electron chi connectivity index (χ4n) is 1.98. The van der Waals surface area contributed by atoms with Crippen molar-refractivity contribution >= 4 is 27.9 Å². The van der Waals surface area contributed by atoms with Gasteiger partial charge in [0.05, 0.1) is 5.69 Å². The van der Waals surface area contributed by atoms with Crippen LogP contribution in [0.2, 0.25) is 0 Å². The Labute approximate surface area is 132 Å². The molecule has 0 atom stereocenters. The average Bonchev–Trinajstić information content (AvgIpc) is 2.98. The Hall–Kier alpha value is -1.82. The fourth-order valence-corrected chi connectivity index (χ4v) is 2.30. The van der Waals surface area contributed by atoms with Crippen molar-refractivity contribution in [3.8, 4) is 0 Å². The molecule has 5 nitrogen and oxygen atoms in total. The standard InChI is InChI=1S/C15H18BrN3O2/c1-11-10-12(2)19(18-11)9-3-8-17-15(20)7-5-13-4-6-14(16)21-13/h4-7,10H,3,8-9H2,1-2H3,(H,17,20)/b7-5+. The first-order valence-electron chi connectivity index (χ1n) is 6.77. The first-order chi connectivity index (χ1) is 10.0. The van der Waals surface area contributed by atoms with Crippen LogP contribution in [-0.4, -0.2) is 22.2 Å². The van der Waals surface area contributed by atoms with Crippen molar-refractivity contribution in [2.45, 2.75) is 26.8 Å². The molecule has 1 amide bonds. The van der Waals surface area contributed by atoms with Crippen molar-refractivity contribution in [2.75, 3.05) is 6.54 Å². The Morgan fingerprint density at radius 2 is 2.29 bits per heavy atom. The molecule has 0 fully saturated rings. The zero-order chi connectivity index (χ0) is 15.2. The minimum atomic E-state index is -0.129. The molecule has 0 saturated heterocycles. The second-order valence-electron chi connectivity index (χ2n) is 4.77. The molecular formula is C15H18BrN3O2. The second-order valence-corrected chi connectivity index (χ2v) is 5.55. The zero-order valence-corrected chi connectivity index (χ0v) is 13.7. The van der Waals surface area contributed by atoms with Crippen LogP contribution >= 0.6 is 15.9 Å². The third kappa shape index (κ3) is 4.90. The molecule has 2 rings (SSSR count). The first-order valence-corrected chi connectivity index (χ1v) is 7.56. The van der Waals surface area contributed by atoms with Gasteiger partial charge in [-0.3, -0.25) is 9.48 Å². The van der Waals surface area contributed by atoms with Crippen LogP contribution in [-0.2, 0) is 11.3 Å². The summed E-state index contributed by atoms with van der Waals surface area (Å²) >= 11 is 3.21. The van der Waals surface area contributed by atoms with E-state index in [1.807, 2.05) is 24.6 Å². The van der Waals surface area contributed by atoms with Crippen LogP contribution in [0.3, 0.4) is 0 Å². The molecule has 0 aliphatic rings. The summed E-state index contributed by atoms with van der Waals surface area (Å²) in [5.41, 5.74) is 2.16. The third-order valence-corrected chi connectivity index (χ3v) is 3.37. The number of aromatic nitrogens is 2. The summed E-state index contributed by atoms with van der Waals surface area (Å²) < 4.78 is 7.87. The zero-order valence-electron chi connectivity index (χ0n) is 12.1. The molecule has 2 heterocycles. The lowest BCUT2D eigenvalue weighted by atomic mass is 10.3. The number of hydrogen-bond acceptors (Lipinski definition) is 3. The Morgan fingerprint density at radius 1 is 1.48 bits per heavy atom. The van der Waals surface area contributed by atoms with Crippen LogP contribution in [0.1, 0.15) is 23.6 Å².